The molecule has 0 N–H and O–H groups in total. The molecule has 0 aliphatic carbocycles. The number of para-hydroxylation sites is 2. The van der Waals surface area contributed by atoms with Gasteiger partial charge in [-0.1, -0.05) is 36.4 Å². The molecule has 0 bridgehead atoms. The first-order chi connectivity index (χ1) is 16.6. The van der Waals surface area contributed by atoms with Gasteiger partial charge in [-0.15, -0.1) is 0 Å². The zero-order chi connectivity index (χ0) is 23.8. The molecule has 5 rings (SSSR count). The quantitative estimate of drug-likeness (QED) is 0.412. The number of carbonyl (C=O) groups is 1. The first-order valence-corrected chi connectivity index (χ1v) is 10.8. The lowest BCUT2D eigenvalue weighted by atomic mass is 9.85. The van der Waals surface area contributed by atoms with Crippen molar-refractivity contribution in [3.63, 3.8) is 0 Å². The Balaban J connectivity index is 1.87. The van der Waals surface area contributed by atoms with E-state index in [1.165, 1.54) is 21.3 Å². The van der Waals surface area contributed by atoms with Gasteiger partial charge in [-0.05, 0) is 30.3 Å². The van der Waals surface area contributed by atoms with Crippen LogP contribution < -0.4 is 24.5 Å². The van der Waals surface area contributed by atoms with Crippen LogP contribution in [0.25, 0.3) is 16.6 Å². The smallest absolute Gasteiger partial charge is 0.312 e. The van der Waals surface area contributed by atoms with Crippen LogP contribution in [0.2, 0.25) is 0 Å². The van der Waals surface area contributed by atoms with Crippen LogP contribution in [-0.4, -0.2) is 31.9 Å². The second-order valence-corrected chi connectivity index (χ2v) is 7.89. The second kappa shape index (κ2) is 8.59. The molecule has 1 atom stereocenters. The standard InChI is InChI=1S/C27H23NO6/c1-31-21-14-13-17(25(32-2)26(21)33-3)19-15-22(29)34-24-18-11-7-8-12-20(18)28(27(30)23(19)24)16-9-5-4-6-10-16/h4-14,19H,15H2,1-3H3. The molecule has 4 aromatic rings. The number of ether oxygens (including phenoxy) is 4. The fourth-order valence-corrected chi connectivity index (χ4v) is 4.67. The molecule has 2 heterocycles. The molecule has 1 aliphatic heterocycles. The molecular formula is C27H23NO6. The number of aromatic nitrogens is 1. The zero-order valence-electron chi connectivity index (χ0n) is 19.0. The Morgan fingerprint density at radius 3 is 2.24 bits per heavy atom. The van der Waals surface area contributed by atoms with Gasteiger partial charge in [0.05, 0.1) is 38.8 Å². The van der Waals surface area contributed by atoms with Crippen molar-refractivity contribution in [2.45, 2.75) is 12.3 Å². The number of hydrogen-bond acceptors (Lipinski definition) is 6. The Morgan fingerprint density at radius 1 is 0.824 bits per heavy atom. The summed E-state index contributed by atoms with van der Waals surface area (Å²) in [4.78, 5) is 26.8. The van der Waals surface area contributed by atoms with E-state index in [9.17, 15) is 9.59 Å². The van der Waals surface area contributed by atoms with Gasteiger partial charge in [0.1, 0.15) is 5.75 Å². The van der Waals surface area contributed by atoms with E-state index in [-0.39, 0.29) is 17.7 Å². The number of nitrogens with zero attached hydrogens (tertiary/aromatic N) is 1. The van der Waals surface area contributed by atoms with Gasteiger partial charge in [-0.3, -0.25) is 14.2 Å². The minimum Gasteiger partial charge on any atom is -0.493 e. The van der Waals surface area contributed by atoms with Crippen LogP contribution in [0.15, 0.2) is 71.5 Å². The molecule has 1 aromatic heterocycles. The molecular weight excluding hydrogens is 434 g/mol. The van der Waals surface area contributed by atoms with Gasteiger partial charge >= 0.3 is 5.97 Å². The highest BCUT2D eigenvalue weighted by Crippen LogP contribution is 2.48. The maximum Gasteiger partial charge on any atom is 0.312 e. The number of methoxy groups -OCH3 is 3. The molecule has 1 unspecified atom stereocenters. The lowest BCUT2D eigenvalue weighted by molar-refractivity contribution is -0.135. The van der Waals surface area contributed by atoms with E-state index in [1.54, 1.807) is 16.7 Å². The molecule has 0 amide bonds. The molecule has 0 saturated carbocycles. The van der Waals surface area contributed by atoms with Gasteiger partial charge in [-0.2, -0.15) is 0 Å². The van der Waals surface area contributed by atoms with Crippen molar-refractivity contribution in [3.05, 3.63) is 88.2 Å². The third-order valence-corrected chi connectivity index (χ3v) is 6.13. The summed E-state index contributed by atoms with van der Waals surface area (Å²) in [6, 6.07) is 20.4. The Hall–Kier alpha value is -4.26. The van der Waals surface area contributed by atoms with Crippen molar-refractivity contribution in [2.75, 3.05) is 21.3 Å². The monoisotopic (exact) mass is 457 g/mol. The van der Waals surface area contributed by atoms with E-state index in [1.807, 2.05) is 54.6 Å². The topological polar surface area (TPSA) is 76.0 Å². The number of hydrogen-bond donors (Lipinski definition) is 0. The van der Waals surface area contributed by atoms with Crippen LogP contribution in [-0.2, 0) is 4.79 Å². The summed E-state index contributed by atoms with van der Waals surface area (Å²) >= 11 is 0. The van der Waals surface area contributed by atoms with E-state index in [0.29, 0.717) is 39.3 Å². The van der Waals surface area contributed by atoms with Crippen molar-refractivity contribution in [1.29, 1.82) is 0 Å². The predicted octanol–water partition coefficient (Wildman–Crippen LogP) is 4.46. The molecule has 0 spiro atoms. The van der Waals surface area contributed by atoms with Gasteiger partial charge in [0, 0.05) is 22.6 Å². The summed E-state index contributed by atoms with van der Waals surface area (Å²) in [7, 11) is 4.57. The van der Waals surface area contributed by atoms with E-state index >= 15 is 0 Å². The van der Waals surface area contributed by atoms with Crippen LogP contribution in [0.3, 0.4) is 0 Å². The Kier molecular flexibility index (Phi) is 5.45. The zero-order valence-corrected chi connectivity index (χ0v) is 19.0. The van der Waals surface area contributed by atoms with Gasteiger partial charge < -0.3 is 18.9 Å². The highest BCUT2D eigenvalue weighted by atomic mass is 16.5. The first kappa shape index (κ1) is 21.6. The van der Waals surface area contributed by atoms with Crippen LogP contribution in [0.5, 0.6) is 23.0 Å². The number of esters is 1. The molecule has 34 heavy (non-hydrogen) atoms. The second-order valence-electron chi connectivity index (χ2n) is 7.89. The maximum atomic E-state index is 14.1. The van der Waals surface area contributed by atoms with E-state index < -0.39 is 11.9 Å². The summed E-state index contributed by atoms with van der Waals surface area (Å²) in [5.41, 5.74) is 2.17. The summed E-state index contributed by atoms with van der Waals surface area (Å²) in [6.07, 6.45) is -0.0127. The van der Waals surface area contributed by atoms with E-state index in [0.717, 1.165) is 5.69 Å². The Bertz CT molecular complexity index is 1460. The third-order valence-electron chi connectivity index (χ3n) is 6.13. The minimum absolute atomic E-state index is 0.0127. The van der Waals surface area contributed by atoms with E-state index in [2.05, 4.69) is 0 Å². The minimum atomic E-state index is -0.599. The van der Waals surface area contributed by atoms with Crippen molar-refractivity contribution in [3.8, 4) is 28.7 Å². The fraction of sp³-hybridized carbons (Fsp3) is 0.185. The molecule has 0 fully saturated rings. The SMILES string of the molecule is COc1ccc(C2CC(=O)Oc3c2c(=O)n(-c2ccccc2)c2ccccc32)c(OC)c1OC. The molecule has 172 valence electrons. The highest BCUT2D eigenvalue weighted by Gasteiger charge is 2.36. The third kappa shape index (κ3) is 3.28. The van der Waals surface area contributed by atoms with Crippen molar-refractivity contribution >= 4 is 16.9 Å². The van der Waals surface area contributed by atoms with Gasteiger partial charge in [0.2, 0.25) is 5.75 Å². The largest absolute Gasteiger partial charge is 0.493 e. The fourth-order valence-electron chi connectivity index (χ4n) is 4.67. The number of benzene rings is 3. The number of rotatable bonds is 5. The lowest BCUT2D eigenvalue weighted by Crippen LogP contribution is -2.32. The molecule has 3 aromatic carbocycles. The molecule has 7 heteroatoms. The summed E-state index contributed by atoms with van der Waals surface area (Å²) < 4.78 is 24.0. The Morgan fingerprint density at radius 2 is 1.53 bits per heavy atom. The van der Waals surface area contributed by atoms with E-state index in [4.69, 9.17) is 18.9 Å². The van der Waals surface area contributed by atoms with Gasteiger partial charge in [0.15, 0.2) is 11.5 Å². The lowest BCUT2D eigenvalue weighted by Gasteiger charge is -2.28. The maximum absolute atomic E-state index is 14.1. The molecule has 7 nitrogen and oxygen atoms in total. The van der Waals surface area contributed by atoms with Crippen molar-refractivity contribution in [1.82, 2.24) is 4.57 Å². The molecule has 0 saturated heterocycles. The summed E-state index contributed by atoms with van der Waals surface area (Å²) in [6.45, 7) is 0. The summed E-state index contributed by atoms with van der Waals surface area (Å²) in [5.74, 6) is 0.556. The number of pyridine rings is 1. The van der Waals surface area contributed by atoms with Gasteiger partial charge in [-0.25, -0.2) is 0 Å². The highest BCUT2D eigenvalue weighted by molar-refractivity contribution is 5.92. The number of carbonyl (C=O) groups excluding carboxylic acids is 1. The van der Waals surface area contributed by atoms with Crippen LogP contribution in [0, 0.1) is 0 Å². The molecule has 0 radical (unpaired) electrons. The average Bonchev–Trinajstić information content (AvgIpc) is 2.87. The summed E-state index contributed by atoms with van der Waals surface area (Å²) in [5, 5.41) is 0.679. The van der Waals surface area contributed by atoms with Crippen molar-refractivity contribution in [2.24, 2.45) is 0 Å². The van der Waals surface area contributed by atoms with Crippen LogP contribution in [0.4, 0.5) is 0 Å². The Labute approximate surface area is 196 Å². The normalized spacial score (nSPS) is 14.9. The first-order valence-electron chi connectivity index (χ1n) is 10.8. The molecule has 1 aliphatic rings. The average molecular weight is 457 g/mol. The number of fused-ring (bicyclic) bond motifs is 3. The van der Waals surface area contributed by atoms with Crippen LogP contribution >= 0.6 is 0 Å². The predicted molar refractivity (Wildman–Crippen MR) is 128 cm³/mol. The van der Waals surface area contributed by atoms with Gasteiger partial charge in [0.25, 0.3) is 5.56 Å². The van der Waals surface area contributed by atoms with Crippen LogP contribution in [0.1, 0.15) is 23.5 Å². The van der Waals surface area contributed by atoms with Crippen molar-refractivity contribution < 1.29 is 23.7 Å².